The van der Waals surface area contributed by atoms with Crippen LogP contribution in [0.1, 0.15) is 40.3 Å². The number of aromatic nitrogens is 2. The summed E-state index contributed by atoms with van der Waals surface area (Å²) in [5.41, 5.74) is 7.66. The van der Waals surface area contributed by atoms with Gasteiger partial charge in [-0.05, 0) is 17.8 Å². The molecule has 2 N–H and O–H groups in total. The zero-order valence-corrected chi connectivity index (χ0v) is 11.2. The quantitative estimate of drug-likeness (QED) is 0.852. The van der Waals surface area contributed by atoms with Crippen LogP contribution in [0.3, 0.4) is 0 Å². The summed E-state index contributed by atoms with van der Waals surface area (Å²) in [7, 11) is 0. The highest BCUT2D eigenvalue weighted by atomic mass is 15.1. The molecule has 0 saturated carbocycles. The first-order chi connectivity index (χ1) is 7.29. The lowest BCUT2D eigenvalue weighted by molar-refractivity contribution is 0.381. The molecule has 0 aliphatic rings. The molecule has 0 radical (unpaired) electrons. The highest BCUT2D eigenvalue weighted by molar-refractivity contribution is 5.01. The van der Waals surface area contributed by atoms with E-state index in [1.165, 1.54) is 5.69 Å². The van der Waals surface area contributed by atoms with Crippen molar-refractivity contribution in [2.75, 3.05) is 0 Å². The van der Waals surface area contributed by atoms with E-state index in [9.17, 15) is 0 Å². The molecular formula is C13H25N3. The third-order valence-corrected chi connectivity index (χ3v) is 2.77. The summed E-state index contributed by atoms with van der Waals surface area (Å²) in [6, 6.07) is 0.202. The van der Waals surface area contributed by atoms with Crippen LogP contribution in [-0.2, 0) is 13.0 Å². The number of hydrogen-bond donors (Lipinski definition) is 1. The van der Waals surface area contributed by atoms with Gasteiger partial charge in [-0.15, -0.1) is 0 Å². The second-order valence-corrected chi connectivity index (χ2v) is 6.18. The predicted molar refractivity (Wildman–Crippen MR) is 68.2 cm³/mol. The van der Waals surface area contributed by atoms with E-state index in [0.29, 0.717) is 11.3 Å². The smallest absolute Gasteiger partial charge is 0.0948 e. The lowest BCUT2D eigenvalue weighted by Gasteiger charge is -2.22. The molecule has 0 aromatic carbocycles. The number of hydrogen-bond acceptors (Lipinski definition) is 2. The summed E-state index contributed by atoms with van der Waals surface area (Å²) in [5, 5.41) is 0. The molecule has 0 amide bonds. The lowest BCUT2D eigenvalue weighted by atomic mass is 9.90. The van der Waals surface area contributed by atoms with Gasteiger partial charge < -0.3 is 10.3 Å². The van der Waals surface area contributed by atoms with Gasteiger partial charge in [0.25, 0.3) is 0 Å². The molecule has 0 saturated heterocycles. The highest BCUT2D eigenvalue weighted by Crippen LogP contribution is 2.20. The molecule has 1 unspecified atom stereocenters. The lowest BCUT2D eigenvalue weighted by Crippen LogP contribution is -2.32. The summed E-state index contributed by atoms with van der Waals surface area (Å²) in [6.07, 6.45) is 4.89. The van der Waals surface area contributed by atoms with Gasteiger partial charge in [0, 0.05) is 24.5 Å². The minimum absolute atomic E-state index is 0.202. The zero-order chi connectivity index (χ0) is 12.3. The molecule has 1 aromatic rings. The number of nitrogens with zero attached hydrogens (tertiary/aromatic N) is 2. The number of nitrogens with two attached hydrogens (primary N) is 1. The van der Waals surface area contributed by atoms with Gasteiger partial charge in [0.2, 0.25) is 0 Å². The van der Waals surface area contributed by atoms with Crippen molar-refractivity contribution in [3.05, 3.63) is 18.2 Å². The van der Waals surface area contributed by atoms with Crippen molar-refractivity contribution < 1.29 is 0 Å². The first-order valence-electron chi connectivity index (χ1n) is 6.04. The van der Waals surface area contributed by atoms with E-state index in [1.807, 2.05) is 12.5 Å². The average molecular weight is 223 g/mol. The number of rotatable bonds is 4. The maximum Gasteiger partial charge on any atom is 0.0948 e. The standard InChI is InChI=1S/C13H25N3/c1-10(2)12(14)8-16-9-15-7-11(16)6-13(3,4)5/h7,9-10,12H,6,8,14H2,1-5H3. The highest BCUT2D eigenvalue weighted by Gasteiger charge is 2.16. The van der Waals surface area contributed by atoms with E-state index in [2.05, 4.69) is 44.2 Å². The molecule has 92 valence electrons. The van der Waals surface area contributed by atoms with Gasteiger partial charge in [-0.2, -0.15) is 0 Å². The normalized spacial score (nSPS) is 14.4. The van der Waals surface area contributed by atoms with E-state index in [-0.39, 0.29) is 6.04 Å². The Morgan fingerprint density at radius 2 is 2.00 bits per heavy atom. The summed E-state index contributed by atoms with van der Waals surface area (Å²) in [6.45, 7) is 11.9. The minimum Gasteiger partial charge on any atom is -0.333 e. The fourth-order valence-corrected chi connectivity index (χ4v) is 1.64. The molecule has 3 nitrogen and oxygen atoms in total. The molecule has 1 rings (SSSR count). The third-order valence-electron chi connectivity index (χ3n) is 2.77. The van der Waals surface area contributed by atoms with Crippen LogP contribution >= 0.6 is 0 Å². The van der Waals surface area contributed by atoms with Gasteiger partial charge in [-0.3, -0.25) is 0 Å². The van der Waals surface area contributed by atoms with Crippen LogP contribution in [0, 0.1) is 11.3 Å². The van der Waals surface area contributed by atoms with Gasteiger partial charge in [-0.25, -0.2) is 4.98 Å². The van der Waals surface area contributed by atoms with Gasteiger partial charge in [0.05, 0.1) is 6.33 Å². The molecule has 3 heteroatoms. The van der Waals surface area contributed by atoms with Crippen LogP contribution < -0.4 is 5.73 Å². The summed E-state index contributed by atoms with van der Waals surface area (Å²) >= 11 is 0. The third kappa shape index (κ3) is 3.97. The Bertz CT molecular complexity index is 320. The first kappa shape index (κ1) is 13.2. The Balaban J connectivity index is 2.71. The van der Waals surface area contributed by atoms with Crippen LogP contribution in [-0.4, -0.2) is 15.6 Å². The van der Waals surface area contributed by atoms with E-state index >= 15 is 0 Å². The van der Waals surface area contributed by atoms with Crippen LogP contribution in [0.4, 0.5) is 0 Å². The van der Waals surface area contributed by atoms with Crippen LogP contribution in [0.15, 0.2) is 12.5 Å². The van der Waals surface area contributed by atoms with Crippen molar-refractivity contribution >= 4 is 0 Å². The zero-order valence-electron chi connectivity index (χ0n) is 11.2. The fraction of sp³-hybridized carbons (Fsp3) is 0.769. The SMILES string of the molecule is CC(C)C(N)Cn1cncc1CC(C)(C)C. The Morgan fingerprint density at radius 3 is 2.50 bits per heavy atom. The van der Waals surface area contributed by atoms with Crippen LogP contribution in [0.5, 0.6) is 0 Å². The van der Waals surface area contributed by atoms with Crippen molar-refractivity contribution in [1.29, 1.82) is 0 Å². The second kappa shape index (κ2) is 5.00. The molecule has 0 aliphatic carbocycles. The summed E-state index contributed by atoms with van der Waals surface area (Å²) in [4.78, 5) is 4.23. The number of imidazole rings is 1. The maximum atomic E-state index is 6.09. The molecule has 1 atom stereocenters. The Labute approximate surface area is 99.1 Å². The average Bonchev–Trinajstić information content (AvgIpc) is 2.49. The Morgan fingerprint density at radius 1 is 1.38 bits per heavy atom. The van der Waals surface area contributed by atoms with Crippen molar-refractivity contribution in [3.8, 4) is 0 Å². The van der Waals surface area contributed by atoms with Crippen molar-refractivity contribution in [2.45, 2.75) is 53.6 Å². The molecule has 0 fully saturated rings. The molecule has 0 spiro atoms. The summed E-state index contributed by atoms with van der Waals surface area (Å²) < 4.78 is 2.19. The van der Waals surface area contributed by atoms with Crippen LogP contribution in [0.25, 0.3) is 0 Å². The van der Waals surface area contributed by atoms with E-state index in [0.717, 1.165) is 13.0 Å². The monoisotopic (exact) mass is 223 g/mol. The van der Waals surface area contributed by atoms with Crippen molar-refractivity contribution in [1.82, 2.24) is 9.55 Å². The maximum absolute atomic E-state index is 6.09. The molecular weight excluding hydrogens is 198 g/mol. The summed E-state index contributed by atoms with van der Waals surface area (Å²) in [5.74, 6) is 0.505. The van der Waals surface area contributed by atoms with Crippen molar-refractivity contribution in [3.63, 3.8) is 0 Å². The molecule has 1 heterocycles. The van der Waals surface area contributed by atoms with E-state index < -0.39 is 0 Å². The van der Waals surface area contributed by atoms with Gasteiger partial charge in [0.1, 0.15) is 0 Å². The topological polar surface area (TPSA) is 43.8 Å². The largest absolute Gasteiger partial charge is 0.333 e. The van der Waals surface area contributed by atoms with E-state index in [1.54, 1.807) is 0 Å². The second-order valence-electron chi connectivity index (χ2n) is 6.18. The first-order valence-corrected chi connectivity index (χ1v) is 6.04. The van der Waals surface area contributed by atoms with Gasteiger partial charge >= 0.3 is 0 Å². The molecule has 1 aromatic heterocycles. The Hall–Kier alpha value is -0.830. The Kier molecular flexibility index (Phi) is 4.14. The molecule has 0 bridgehead atoms. The van der Waals surface area contributed by atoms with Crippen molar-refractivity contribution in [2.24, 2.45) is 17.1 Å². The van der Waals surface area contributed by atoms with Gasteiger partial charge in [0.15, 0.2) is 0 Å². The predicted octanol–water partition coefficient (Wildman–Crippen LogP) is 2.46. The molecule has 0 aliphatic heterocycles. The molecule has 16 heavy (non-hydrogen) atoms. The van der Waals surface area contributed by atoms with Crippen LogP contribution in [0.2, 0.25) is 0 Å². The van der Waals surface area contributed by atoms with Gasteiger partial charge in [-0.1, -0.05) is 34.6 Å². The minimum atomic E-state index is 0.202. The van der Waals surface area contributed by atoms with E-state index in [4.69, 9.17) is 5.73 Å². The fourth-order valence-electron chi connectivity index (χ4n) is 1.64.